The minimum Gasteiger partial charge on any atom is -0.497 e. The molecule has 0 aliphatic carbocycles. The van der Waals surface area contributed by atoms with E-state index in [1.165, 1.54) is 24.0 Å². The van der Waals surface area contributed by atoms with Gasteiger partial charge in [-0.2, -0.15) is 0 Å². The zero-order valence-corrected chi connectivity index (χ0v) is 18.2. The highest BCUT2D eigenvalue weighted by atomic mass is 16.5. The highest BCUT2D eigenvalue weighted by Gasteiger charge is 2.31. The summed E-state index contributed by atoms with van der Waals surface area (Å²) in [4.78, 5) is 18.7. The van der Waals surface area contributed by atoms with Gasteiger partial charge in [0.1, 0.15) is 11.5 Å². The number of aromatic nitrogens is 1. The lowest BCUT2D eigenvalue weighted by Gasteiger charge is -2.36. The van der Waals surface area contributed by atoms with Crippen molar-refractivity contribution in [2.24, 2.45) is 0 Å². The standard InChI is InChI=1S/C18H20N2O3.C6H12/c1-12-17-13(9-15(22-2)10-16(17)23-3)6-8-20(12)18(21)14-5-4-7-19-11-14;1-4-5-6(2)3/h4-5,7,9-12H,6,8H2,1-3H3;2,4-5H2,1,3H3. The fourth-order valence-corrected chi connectivity index (χ4v) is 3.57. The Balaban J connectivity index is 0.000000438. The maximum absolute atomic E-state index is 12.8. The number of ether oxygens (including phenoxy) is 2. The molecule has 1 unspecified atom stereocenters. The highest BCUT2D eigenvalue weighted by Crippen LogP contribution is 2.39. The molecule has 2 aromatic rings. The summed E-state index contributed by atoms with van der Waals surface area (Å²) >= 11 is 0. The number of carbonyl (C=O) groups excluding carboxylic acids is 1. The summed E-state index contributed by atoms with van der Waals surface area (Å²) in [6, 6.07) is 7.41. The molecular formula is C24H32N2O3. The molecule has 156 valence electrons. The first-order valence-electron chi connectivity index (χ1n) is 10.0. The van der Waals surface area contributed by atoms with Crippen molar-refractivity contribution in [1.29, 1.82) is 0 Å². The van der Waals surface area contributed by atoms with Crippen LogP contribution in [0, 0.1) is 0 Å². The number of pyridine rings is 1. The second-order valence-electron chi connectivity index (χ2n) is 7.28. The topological polar surface area (TPSA) is 51.7 Å². The van der Waals surface area contributed by atoms with Crippen LogP contribution >= 0.6 is 0 Å². The molecular weight excluding hydrogens is 364 g/mol. The number of nitrogens with zero attached hydrogens (tertiary/aromatic N) is 2. The smallest absolute Gasteiger partial charge is 0.255 e. The lowest BCUT2D eigenvalue weighted by atomic mass is 9.91. The lowest BCUT2D eigenvalue weighted by molar-refractivity contribution is 0.0674. The highest BCUT2D eigenvalue weighted by molar-refractivity contribution is 5.94. The Bertz CT molecular complexity index is 816. The van der Waals surface area contributed by atoms with Gasteiger partial charge in [0, 0.05) is 30.6 Å². The number of hydrogen-bond acceptors (Lipinski definition) is 4. The molecule has 0 N–H and O–H groups in total. The molecule has 29 heavy (non-hydrogen) atoms. The molecule has 1 atom stereocenters. The van der Waals surface area contributed by atoms with E-state index in [0.717, 1.165) is 23.5 Å². The van der Waals surface area contributed by atoms with E-state index in [2.05, 4.69) is 25.4 Å². The van der Waals surface area contributed by atoms with Crippen molar-refractivity contribution in [1.82, 2.24) is 9.88 Å². The monoisotopic (exact) mass is 396 g/mol. The van der Waals surface area contributed by atoms with Crippen LogP contribution < -0.4 is 9.47 Å². The fourth-order valence-electron chi connectivity index (χ4n) is 3.57. The maximum Gasteiger partial charge on any atom is 0.255 e. The zero-order valence-electron chi connectivity index (χ0n) is 18.2. The molecule has 1 aliphatic rings. The predicted molar refractivity (Wildman–Crippen MR) is 117 cm³/mol. The van der Waals surface area contributed by atoms with Gasteiger partial charge in [0.15, 0.2) is 0 Å². The summed E-state index contributed by atoms with van der Waals surface area (Å²) in [6.45, 7) is 10.7. The van der Waals surface area contributed by atoms with E-state index in [9.17, 15) is 4.79 Å². The molecule has 0 bridgehead atoms. The number of rotatable bonds is 5. The number of carbonyl (C=O) groups is 1. The number of fused-ring (bicyclic) bond motifs is 1. The van der Waals surface area contributed by atoms with E-state index in [1.807, 2.05) is 24.0 Å². The number of allylic oxidation sites excluding steroid dienone is 1. The van der Waals surface area contributed by atoms with Gasteiger partial charge in [0.05, 0.1) is 25.8 Å². The first kappa shape index (κ1) is 22.5. The molecule has 5 nitrogen and oxygen atoms in total. The molecule has 0 saturated carbocycles. The van der Waals surface area contributed by atoms with Crippen LogP contribution in [0.2, 0.25) is 0 Å². The third-order valence-electron chi connectivity index (χ3n) is 5.01. The van der Waals surface area contributed by atoms with Gasteiger partial charge in [0.25, 0.3) is 5.91 Å². The SMILES string of the molecule is C=C(C)CCC.COc1cc2c(c(OC)c1)C(C)N(C(=O)c1cccnc1)CC2. The average molecular weight is 397 g/mol. The third kappa shape index (κ3) is 5.59. The van der Waals surface area contributed by atoms with Crippen molar-refractivity contribution >= 4 is 5.91 Å². The van der Waals surface area contributed by atoms with Crippen molar-refractivity contribution in [2.45, 2.75) is 46.1 Å². The largest absolute Gasteiger partial charge is 0.497 e. The van der Waals surface area contributed by atoms with Crippen molar-refractivity contribution in [3.63, 3.8) is 0 Å². The first-order valence-corrected chi connectivity index (χ1v) is 10.0. The van der Waals surface area contributed by atoms with Crippen molar-refractivity contribution in [3.05, 3.63) is 65.5 Å². The van der Waals surface area contributed by atoms with Crippen LogP contribution in [-0.2, 0) is 6.42 Å². The summed E-state index contributed by atoms with van der Waals surface area (Å²) < 4.78 is 10.9. The Morgan fingerprint density at radius 3 is 2.59 bits per heavy atom. The molecule has 5 heteroatoms. The third-order valence-corrected chi connectivity index (χ3v) is 5.01. The van der Waals surface area contributed by atoms with Crippen LogP contribution in [0.3, 0.4) is 0 Å². The Kier molecular flexibility index (Phi) is 8.25. The van der Waals surface area contributed by atoms with Crippen LogP contribution in [0.15, 0.2) is 48.8 Å². The zero-order chi connectivity index (χ0) is 21.4. The molecule has 2 heterocycles. The second-order valence-corrected chi connectivity index (χ2v) is 7.28. The summed E-state index contributed by atoms with van der Waals surface area (Å²) in [5, 5.41) is 0. The lowest BCUT2D eigenvalue weighted by Crippen LogP contribution is -2.39. The summed E-state index contributed by atoms with van der Waals surface area (Å²) in [7, 11) is 3.29. The molecule has 1 aromatic heterocycles. The van der Waals surface area contributed by atoms with E-state index < -0.39 is 0 Å². The fraction of sp³-hybridized carbons (Fsp3) is 0.417. The van der Waals surface area contributed by atoms with E-state index in [0.29, 0.717) is 12.1 Å². The van der Waals surface area contributed by atoms with Crippen molar-refractivity contribution < 1.29 is 14.3 Å². The van der Waals surface area contributed by atoms with E-state index in [1.54, 1.807) is 38.7 Å². The number of methoxy groups -OCH3 is 2. The molecule has 0 saturated heterocycles. The second kappa shape index (κ2) is 10.6. The van der Waals surface area contributed by atoms with E-state index >= 15 is 0 Å². The van der Waals surface area contributed by atoms with Crippen LogP contribution in [0.25, 0.3) is 0 Å². The van der Waals surface area contributed by atoms with Gasteiger partial charge >= 0.3 is 0 Å². The molecule has 0 radical (unpaired) electrons. The molecule has 1 aromatic carbocycles. The Morgan fingerprint density at radius 2 is 2.07 bits per heavy atom. The molecule has 3 rings (SSSR count). The van der Waals surface area contributed by atoms with Crippen molar-refractivity contribution in [2.75, 3.05) is 20.8 Å². The maximum atomic E-state index is 12.8. The van der Waals surface area contributed by atoms with Crippen LogP contribution in [-0.4, -0.2) is 36.6 Å². The quantitative estimate of drug-likeness (QED) is 0.650. The summed E-state index contributed by atoms with van der Waals surface area (Å²) in [6.07, 6.45) is 6.46. The van der Waals surface area contributed by atoms with Gasteiger partial charge in [-0.1, -0.05) is 18.9 Å². The van der Waals surface area contributed by atoms with Gasteiger partial charge in [0.2, 0.25) is 0 Å². The number of hydrogen-bond donors (Lipinski definition) is 0. The summed E-state index contributed by atoms with van der Waals surface area (Å²) in [5.74, 6) is 1.53. The van der Waals surface area contributed by atoms with Gasteiger partial charge in [-0.15, -0.1) is 6.58 Å². The molecule has 0 fully saturated rings. The van der Waals surface area contributed by atoms with Gasteiger partial charge in [-0.05, 0) is 50.5 Å². The van der Waals surface area contributed by atoms with Gasteiger partial charge < -0.3 is 14.4 Å². The predicted octanol–water partition coefficient (Wildman–Crippen LogP) is 5.22. The first-order chi connectivity index (χ1) is 13.9. The van der Waals surface area contributed by atoms with Gasteiger partial charge in [-0.3, -0.25) is 9.78 Å². The number of amides is 1. The van der Waals surface area contributed by atoms with Crippen LogP contribution in [0.5, 0.6) is 11.5 Å². The number of benzene rings is 1. The van der Waals surface area contributed by atoms with Crippen molar-refractivity contribution in [3.8, 4) is 11.5 Å². The van der Waals surface area contributed by atoms with Crippen LogP contribution in [0.1, 0.15) is 61.1 Å². The average Bonchev–Trinajstić information content (AvgIpc) is 2.73. The Morgan fingerprint density at radius 1 is 1.31 bits per heavy atom. The summed E-state index contributed by atoms with van der Waals surface area (Å²) in [5.41, 5.74) is 4.12. The van der Waals surface area contributed by atoms with E-state index in [4.69, 9.17) is 9.47 Å². The van der Waals surface area contributed by atoms with E-state index in [-0.39, 0.29) is 11.9 Å². The minimum atomic E-state index is -0.0627. The molecule has 1 amide bonds. The molecule has 1 aliphatic heterocycles. The Labute approximate surface area is 174 Å². The Hall–Kier alpha value is -2.82. The minimum absolute atomic E-state index is 0.00544. The normalized spacial score (nSPS) is 14.9. The molecule has 0 spiro atoms. The van der Waals surface area contributed by atoms with Gasteiger partial charge in [-0.25, -0.2) is 0 Å². The van der Waals surface area contributed by atoms with Crippen LogP contribution in [0.4, 0.5) is 0 Å².